The maximum Gasteiger partial charge on any atom is 0.209 e. The summed E-state index contributed by atoms with van der Waals surface area (Å²) < 4.78 is 28.9. The molecule has 4 nitrogen and oxygen atoms in total. The van der Waals surface area contributed by atoms with Gasteiger partial charge in [0.15, 0.2) is 0 Å². The Hall–Kier alpha value is -1.07. The topological polar surface area (TPSA) is 69.4 Å². The second-order valence-electron chi connectivity index (χ2n) is 6.01. The zero-order chi connectivity index (χ0) is 16.3. The number of sulfonamides is 1. The summed E-state index contributed by atoms with van der Waals surface area (Å²) in [6, 6.07) is 4.11. The summed E-state index contributed by atoms with van der Waals surface area (Å²) >= 11 is 0. The third-order valence-electron chi connectivity index (χ3n) is 4.31. The van der Waals surface area contributed by atoms with E-state index in [4.69, 9.17) is 9.88 Å². The summed E-state index contributed by atoms with van der Waals surface area (Å²) in [7, 11) is -3.52. The number of hydrogen-bond donors (Lipinski definition) is 1. The standard InChI is InChI=1S/C16H27NO3S/c1-6-16(7-2,11-21(17,18)19)10-20-15-9-12(3)8-13(4)14(15)5/h8-9H,6-7,10-11H2,1-5H3,(H2,17,18,19). The lowest BCUT2D eigenvalue weighted by atomic mass is 9.85. The van der Waals surface area contributed by atoms with Gasteiger partial charge in [0.05, 0.1) is 12.4 Å². The Bertz CT molecular complexity index is 590. The molecule has 0 radical (unpaired) electrons. The molecule has 0 bridgehead atoms. The molecule has 0 heterocycles. The van der Waals surface area contributed by atoms with Crippen molar-refractivity contribution in [2.75, 3.05) is 12.4 Å². The van der Waals surface area contributed by atoms with Crippen molar-refractivity contribution in [3.63, 3.8) is 0 Å². The summed E-state index contributed by atoms with van der Waals surface area (Å²) in [4.78, 5) is 0. The van der Waals surface area contributed by atoms with E-state index in [9.17, 15) is 8.42 Å². The first-order valence-corrected chi connectivity index (χ1v) is 9.05. The average Bonchev–Trinajstić information content (AvgIpc) is 2.38. The molecular weight excluding hydrogens is 286 g/mol. The van der Waals surface area contributed by atoms with Crippen molar-refractivity contribution in [3.8, 4) is 5.75 Å². The first kappa shape index (κ1) is 18.0. The summed E-state index contributed by atoms with van der Waals surface area (Å²) in [5, 5.41) is 5.24. The molecule has 2 N–H and O–H groups in total. The quantitative estimate of drug-likeness (QED) is 0.841. The predicted octanol–water partition coefficient (Wildman–Crippen LogP) is 3.09. The van der Waals surface area contributed by atoms with Crippen molar-refractivity contribution in [2.45, 2.75) is 47.5 Å². The minimum Gasteiger partial charge on any atom is -0.493 e. The predicted molar refractivity (Wildman–Crippen MR) is 87.1 cm³/mol. The van der Waals surface area contributed by atoms with Crippen LogP contribution in [0.3, 0.4) is 0 Å². The molecule has 0 aliphatic carbocycles. The van der Waals surface area contributed by atoms with Crippen LogP contribution in [0.5, 0.6) is 5.75 Å². The lowest BCUT2D eigenvalue weighted by Crippen LogP contribution is -2.37. The fourth-order valence-corrected chi connectivity index (χ4v) is 3.85. The average molecular weight is 313 g/mol. The molecule has 1 aromatic carbocycles. The van der Waals surface area contributed by atoms with Crippen LogP contribution in [0.2, 0.25) is 0 Å². The van der Waals surface area contributed by atoms with Crippen LogP contribution >= 0.6 is 0 Å². The SMILES string of the molecule is CCC(CC)(COc1cc(C)cc(C)c1C)CS(N)(=O)=O. The van der Waals surface area contributed by atoms with Crippen LogP contribution in [0.4, 0.5) is 0 Å². The monoisotopic (exact) mass is 313 g/mol. The van der Waals surface area contributed by atoms with Gasteiger partial charge in [0.25, 0.3) is 0 Å². The molecule has 1 aromatic rings. The van der Waals surface area contributed by atoms with Gasteiger partial charge in [-0.2, -0.15) is 0 Å². The first-order chi connectivity index (χ1) is 9.62. The molecule has 120 valence electrons. The number of nitrogens with two attached hydrogens (primary N) is 1. The minimum atomic E-state index is -3.52. The van der Waals surface area contributed by atoms with Crippen LogP contribution in [0.1, 0.15) is 43.4 Å². The van der Waals surface area contributed by atoms with Crippen LogP contribution < -0.4 is 9.88 Å². The van der Waals surface area contributed by atoms with Crippen molar-refractivity contribution in [3.05, 3.63) is 28.8 Å². The number of primary sulfonamides is 1. The molecule has 0 unspecified atom stereocenters. The molecule has 5 heteroatoms. The molecular formula is C16H27NO3S. The Morgan fingerprint density at radius 2 is 1.71 bits per heavy atom. The second-order valence-corrected chi connectivity index (χ2v) is 7.62. The van der Waals surface area contributed by atoms with Gasteiger partial charge >= 0.3 is 0 Å². The van der Waals surface area contributed by atoms with Crippen LogP contribution in [0.25, 0.3) is 0 Å². The molecule has 0 saturated heterocycles. The van der Waals surface area contributed by atoms with Gasteiger partial charge in [-0.25, -0.2) is 13.6 Å². The van der Waals surface area contributed by atoms with Crippen LogP contribution in [-0.4, -0.2) is 20.8 Å². The van der Waals surface area contributed by atoms with E-state index in [0.717, 1.165) is 16.9 Å². The lowest BCUT2D eigenvalue weighted by molar-refractivity contribution is 0.153. The van der Waals surface area contributed by atoms with E-state index in [2.05, 4.69) is 6.07 Å². The van der Waals surface area contributed by atoms with Gasteiger partial charge in [0.2, 0.25) is 10.0 Å². The molecule has 0 saturated carbocycles. The second kappa shape index (κ2) is 6.79. The Balaban J connectivity index is 2.97. The van der Waals surface area contributed by atoms with Crippen molar-refractivity contribution in [2.24, 2.45) is 10.6 Å². The number of ether oxygens (including phenoxy) is 1. The Kier molecular flexibility index (Phi) is 5.82. The summed E-state index contributed by atoms with van der Waals surface area (Å²) in [5.74, 6) is 0.782. The highest BCUT2D eigenvalue weighted by molar-refractivity contribution is 7.89. The molecule has 1 rings (SSSR count). The summed E-state index contributed by atoms with van der Waals surface area (Å²) in [5.41, 5.74) is 2.98. The Labute approximate surface area is 128 Å². The molecule has 0 aliphatic heterocycles. The molecule has 0 amide bonds. The van der Waals surface area contributed by atoms with Gasteiger partial charge in [0.1, 0.15) is 5.75 Å². The molecule has 0 atom stereocenters. The molecule has 0 spiro atoms. The van der Waals surface area contributed by atoms with Crippen LogP contribution in [0, 0.1) is 26.2 Å². The van der Waals surface area contributed by atoms with E-state index in [1.807, 2.05) is 40.7 Å². The van der Waals surface area contributed by atoms with E-state index in [-0.39, 0.29) is 5.75 Å². The number of hydrogen-bond acceptors (Lipinski definition) is 3. The largest absolute Gasteiger partial charge is 0.493 e. The maximum absolute atomic E-state index is 11.5. The Morgan fingerprint density at radius 3 is 2.19 bits per heavy atom. The first-order valence-electron chi connectivity index (χ1n) is 7.33. The third kappa shape index (κ3) is 5.00. The fourth-order valence-electron chi connectivity index (χ4n) is 2.51. The minimum absolute atomic E-state index is 0.0448. The zero-order valence-electron chi connectivity index (χ0n) is 13.7. The van der Waals surface area contributed by atoms with Crippen molar-refractivity contribution in [1.29, 1.82) is 0 Å². The molecule has 0 aromatic heterocycles. The smallest absolute Gasteiger partial charge is 0.209 e. The van der Waals surface area contributed by atoms with Gasteiger partial charge in [0, 0.05) is 5.41 Å². The highest BCUT2D eigenvalue weighted by Gasteiger charge is 2.32. The van der Waals surface area contributed by atoms with E-state index in [1.54, 1.807) is 0 Å². The van der Waals surface area contributed by atoms with Crippen molar-refractivity contribution >= 4 is 10.0 Å². The number of rotatable bonds is 7. The highest BCUT2D eigenvalue weighted by Crippen LogP contribution is 2.31. The van der Waals surface area contributed by atoms with E-state index < -0.39 is 15.4 Å². The van der Waals surface area contributed by atoms with E-state index in [0.29, 0.717) is 19.4 Å². The van der Waals surface area contributed by atoms with E-state index in [1.165, 1.54) is 5.56 Å². The van der Waals surface area contributed by atoms with Gasteiger partial charge in [-0.1, -0.05) is 19.9 Å². The van der Waals surface area contributed by atoms with Crippen LogP contribution in [-0.2, 0) is 10.0 Å². The van der Waals surface area contributed by atoms with Crippen LogP contribution in [0.15, 0.2) is 12.1 Å². The fraction of sp³-hybridized carbons (Fsp3) is 0.625. The zero-order valence-corrected chi connectivity index (χ0v) is 14.5. The Morgan fingerprint density at radius 1 is 1.14 bits per heavy atom. The molecule has 21 heavy (non-hydrogen) atoms. The molecule has 0 fully saturated rings. The van der Waals surface area contributed by atoms with E-state index >= 15 is 0 Å². The van der Waals surface area contributed by atoms with Gasteiger partial charge in [-0.15, -0.1) is 0 Å². The number of benzene rings is 1. The van der Waals surface area contributed by atoms with Gasteiger partial charge < -0.3 is 4.74 Å². The van der Waals surface area contributed by atoms with Gasteiger partial charge in [-0.3, -0.25) is 0 Å². The third-order valence-corrected chi connectivity index (χ3v) is 5.32. The number of aryl methyl sites for hydroxylation is 2. The van der Waals surface area contributed by atoms with Gasteiger partial charge in [-0.05, 0) is 56.4 Å². The normalized spacial score (nSPS) is 12.5. The lowest BCUT2D eigenvalue weighted by Gasteiger charge is -2.31. The maximum atomic E-state index is 11.5. The highest BCUT2D eigenvalue weighted by atomic mass is 32.2. The molecule has 0 aliphatic rings. The summed E-state index contributed by atoms with van der Waals surface area (Å²) in [6.45, 7) is 10.4. The van der Waals surface area contributed by atoms with Crippen molar-refractivity contribution < 1.29 is 13.2 Å². The van der Waals surface area contributed by atoms with Crippen molar-refractivity contribution in [1.82, 2.24) is 0 Å². The summed E-state index contributed by atoms with van der Waals surface area (Å²) in [6.07, 6.45) is 1.42.